The second-order valence-electron chi connectivity index (χ2n) is 5.74. The van der Waals surface area contributed by atoms with Crippen molar-refractivity contribution in [2.45, 2.75) is 46.1 Å². The Morgan fingerprint density at radius 2 is 2.20 bits per heavy atom. The molecule has 1 fully saturated rings. The summed E-state index contributed by atoms with van der Waals surface area (Å²) in [4.78, 5) is 21.6. The molecular formula is C15H21N3OS. The first kappa shape index (κ1) is 13.8. The van der Waals surface area contributed by atoms with E-state index in [-0.39, 0.29) is 5.56 Å². The number of nitrogens with one attached hydrogen (secondary N) is 2. The van der Waals surface area contributed by atoms with E-state index >= 15 is 0 Å². The summed E-state index contributed by atoms with van der Waals surface area (Å²) in [5.74, 6) is 1.73. The van der Waals surface area contributed by atoms with Gasteiger partial charge in [0.15, 0.2) is 0 Å². The molecule has 2 heterocycles. The van der Waals surface area contributed by atoms with Gasteiger partial charge in [-0.15, -0.1) is 11.3 Å². The lowest BCUT2D eigenvalue weighted by Gasteiger charge is -2.04. The summed E-state index contributed by atoms with van der Waals surface area (Å²) in [6.07, 6.45) is 5.39. The van der Waals surface area contributed by atoms with Gasteiger partial charge in [0, 0.05) is 4.88 Å². The van der Waals surface area contributed by atoms with Crippen LogP contribution in [0.2, 0.25) is 0 Å². The van der Waals surface area contributed by atoms with Gasteiger partial charge in [-0.2, -0.15) is 0 Å². The van der Waals surface area contributed by atoms with E-state index < -0.39 is 0 Å². The smallest absolute Gasteiger partial charge is 0.259 e. The van der Waals surface area contributed by atoms with Crippen LogP contribution in [0.4, 0.5) is 0 Å². The Labute approximate surface area is 122 Å². The first-order valence-corrected chi connectivity index (χ1v) is 8.16. The SMILES string of the molecule is Cc1sc2nc(CNCCCC3CC3)[nH]c(=O)c2c1C. The van der Waals surface area contributed by atoms with Crippen molar-refractivity contribution >= 4 is 21.6 Å². The molecule has 20 heavy (non-hydrogen) atoms. The maximum atomic E-state index is 12.1. The Morgan fingerprint density at radius 3 is 2.95 bits per heavy atom. The molecule has 0 amide bonds. The molecule has 3 rings (SSSR count). The quantitative estimate of drug-likeness (QED) is 0.805. The van der Waals surface area contributed by atoms with Crippen molar-refractivity contribution in [3.63, 3.8) is 0 Å². The molecule has 2 aromatic heterocycles. The van der Waals surface area contributed by atoms with E-state index in [2.05, 4.69) is 15.3 Å². The number of hydrogen-bond donors (Lipinski definition) is 2. The van der Waals surface area contributed by atoms with Gasteiger partial charge in [0.25, 0.3) is 5.56 Å². The number of H-pyrrole nitrogens is 1. The van der Waals surface area contributed by atoms with Crippen molar-refractivity contribution < 1.29 is 0 Å². The van der Waals surface area contributed by atoms with Crippen LogP contribution in [0.15, 0.2) is 4.79 Å². The first-order valence-electron chi connectivity index (χ1n) is 7.34. The van der Waals surface area contributed by atoms with Gasteiger partial charge >= 0.3 is 0 Å². The molecule has 2 N–H and O–H groups in total. The van der Waals surface area contributed by atoms with Crippen LogP contribution < -0.4 is 10.9 Å². The lowest BCUT2D eigenvalue weighted by atomic mass is 10.2. The van der Waals surface area contributed by atoms with E-state index in [9.17, 15) is 4.79 Å². The molecular weight excluding hydrogens is 270 g/mol. The summed E-state index contributed by atoms with van der Waals surface area (Å²) in [6, 6.07) is 0. The third-order valence-corrected chi connectivity index (χ3v) is 5.14. The van der Waals surface area contributed by atoms with Crippen molar-refractivity contribution in [1.82, 2.24) is 15.3 Å². The average Bonchev–Trinajstić information content (AvgIpc) is 3.17. The minimum Gasteiger partial charge on any atom is -0.310 e. The van der Waals surface area contributed by atoms with Crippen LogP contribution in [0, 0.1) is 19.8 Å². The van der Waals surface area contributed by atoms with Gasteiger partial charge in [-0.3, -0.25) is 4.79 Å². The highest BCUT2D eigenvalue weighted by Gasteiger charge is 2.19. The van der Waals surface area contributed by atoms with E-state index in [0.717, 1.165) is 34.1 Å². The second kappa shape index (κ2) is 5.66. The Bertz CT molecular complexity index is 670. The molecule has 0 spiro atoms. The van der Waals surface area contributed by atoms with Gasteiger partial charge in [-0.1, -0.05) is 12.8 Å². The molecule has 0 aliphatic heterocycles. The lowest BCUT2D eigenvalue weighted by Crippen LogP contribution is -2.20. The maximum absolute atomic E-state index is 12.1. The number of hydrogen-bond acceptors (Lipinski definition) is 4. The van der Waals surface area contributed by atoms with Crippen LogP contribution in [0.5, 0.6) is 0 Å². The van der Waals surface area contributed by atoms with E-state index in [0.29, 0.717) is 6.54 Å². The summed E-state index contributed by atoms with van der Waals surface area (Å²) in [6.45, 7) is 5.67. The predicted octanol–water partition coefficient (Wildman–Crippen LogP) is 2.88. The zero-order chi connectivity index (χ0) is 14.1. The van der Waals surface area contributed by atoms with Crippen molar-refractivity contribution in [3.8, 4) is 0 Å². The normalized spacial score (nSPS) is 15.1. The van der Waals surface area contributed by atoms with Crippen LogP contribution in [-0.2, 0) is 6.54 Å². The summed E-state index contributed by atoms with van der Waals surface area (Å²) >= 11 is 1.60. The third kappa shape index (κ3) is 2.94. The number of aromatic amines is 1. The zero-order valence-electron chi connectivity index (χ0n) is 12.1. The van der Waals surface area contributed by atoms with Gasteiger partial charge in [0.1, 0.15) is 10.7 Å². The Morgan fingerprint density at radius 1 is 1.40 bits per heavy atom. The molecule has 0 atom stereocenters. The third-order valence-electron chi connectivity index (χ3n) is 4.04. The minimum absolute atomic E-state index is 0.00775. The molecule has 5 heteroatoms. The van der Waals surface area contributed by atoms with Crippen LogP contribution in [0.25, 0.3) is 10.2 Å². The highest BCUT2D eigenvalue weighted by atomic mass is 32.1. The summed E-state index contributed by atoms with van der Waals surface area (Å²) in [7, 11) is 0. The molecule has 108 valence electrons. The van der Waals surface area contributed by atoms with E-state index in [1.54, 1.807) is 11.3 Å². The minimum atomic E-state index is -0.00775. The number of thiophene rings is 1. The number of fused-ring (bicyclic) bond motifs is 1. The fourth-order valence-electron chi connectivity index (χ4n) is 2.51. The van der Waals surface area contributed by atoms with E-state index in [1.807, 2.05) is 13.8 Å². The summed E-state index contributed by atoms with van der Waals surface area (Å²) < 4.78 is 0. The molecule has 1 saturated carbocycles. The molecule has 0 aromatic carbocycles. The summed E-state index contributed by atoms with van der Waals surface area (Å²) in [5.41, 5.74) is 1.05. The molecule has 0 saturated heterocycles. The van der Waals surface area contributed by atoms with Crippen LogP contribution in [-0.4, -0.2) is 16.5 Å². The van der Waals surface area contributed by atoms with Gasteiger partial charge < -0.3 is 10.3 Å². The van der Waals surface area contributed by atoms with Gasteiger partial charge in [-0.25, -0.2) is 4.98 Å². The molecule has 0 bridgehead atoms. The fraction of sp³-hybridized carbons (Fsp3) is 0.600. The van der Waals surface area contributed by atoms with Gasteiger partial charge in [-0.05, 0) is 44.7 Å². The Hall–Kier alpha value is -1.20. The molecule has 0 radical (unpaired) electrons. The largest absolute Gasteiger partial charge is 0.310 e. The monoisotopic (exact) mass is 291 g/mol. The van der Waals surface area contributed by atoms with E-state index in [1.165, 1.54) is 30.6 Å². The molecule has 1 aliphatic carbocycles. The first-order chi connectivity index (χ1) is 9.65. The number of nitrogens with zero attached hydrogens (tertiary/aromatic N) is 1. The standard InChI is InChI=1S/C15H21N3OS/c1-9-10(2)20-15-13(9)14(19)17-12(18-15)8-16-7-3-4-11-5-6-11/h11,16H,3-8H2,1-2H3,(H,17,18,19). The number of rotatable bonds is 6. The van der Waals surface area contributed by atoms with Crippen LogP contribution in [0.3, 0.4) is 0 Å². The molecule has 2 aromatic rings. The number of aromatic nitrogens is 2. The van der Waals surface area contributed by atoms with Crippen molar-refractivity contribution in [3.05, 3.63) is 26.6 Å². The highest BCUT2D eigenvalue weighted by molar-refractivity contribution is 7.18. The highest BCUT2D eigenvalue weighted by Crippen LogP contribution is 2.33. The zero-order valence-corrected chi connectivity index (χ0v) is 12.9. The Kier molecular flexibility index (Phi) is 3.89. The van der Waals surface area contributed by atoms with Crippen molar-refractivity contribution in [2.75, 3.05) is 6.54 Å². The lowest BCUT2D eigenvalue weighted by molar-refractivity contribution is 0.584. The molecule has 1 aliphatic rings. The van der Waals surface area contributed by atoms with Crippen LogP contribution in [0.1, 0.15) is 41.9 Å². The van der Waals surface area contributed by atoms with Crippen LogP contribution >= 0.6 is 11.3 Å². The van der Waals surface area contributed by atoms with Gasteiger partial charge in [0.2, 0.25) is 0 Å². The van der Waals surface area contributed by atoms with E-state index in [4.69, 9.17) is 0 Å². The predicted molar refractivity (Wildman–Crippen MR) is 83.4 cm³/mol. The average molecular weight is 291 g/mol. The van der Waals surface area contributed by atoms with Gasteiger partial charge in [0.05, 0.1) is 11.9 Å². The molecule has 4 nitrogen and oxygen atoms in total. The van der Waals surface area contributed by atoms with Crippen molar-refractivity contribution in [2.24, 2.45) is 5.92 Å². The second-order valence-corrected chi connectivity index (χ2v) is 6.94. The summed E-state index contributed by atoms with van der Waals surface area (Å²) in [5, 5.41) is 4.12. The number of aryl methyl sites for hydroxylation is 2. The fourth-order valence-corrected chi connectivity index (χ4v) is 3.56. The Balaban J connectivity index is 1.64. The topological polar surface area (TPSA) is 57.8 Å². The molecule has 0 unspecified atom stereocenters. The van der Waals surface area contributed by atoms with Crippen molar-refractivity contribution in [1.29, 1.82) is 0 Å². The maximum Gasteiger partial charge on any atom is 0.259 e.